The average molecular weight is 479 g/mol. The number of amides is 2. The predicted octanol–water partition coefficient (Wildman–Crippen LogP) is 4.80. The second-order valence-electron chi connectivity index (χ2n) is 10.3. The molecule has 0 spiro atoms. The molecule has 1 heterocycles. The van der Waals surface area contributed by atoms with E-state index in [0.717, 1.165) is 24.0 Å². The minimum absolute atomic E-state index is 0.0214. The minimum atomic E-state index is -0.957. The van der Waals surface area contributed by atoms with Gasteiger partial charge in [0.05, 0.1) is 0 Å². The largest absolute Gasteiger partial charge is 0.480 e. The summed E-state index contributed by atoms with van der Waals surface area (Å²) in [5, 5.41) is 12.5. The molecule has 0 radical (unpaired) electrons. The Morgan fingerprint density at radius 3 is 2.26 bits per heavy atom. The van der Waals surface area contributed by atoms with E-state index >= 15 is 0 Å². The fourth-order valence-electron chi connectivity index (χ4n) is 5.38. The van der Waals surface area contributed by atoms with Gasteiger partial charge < -0.3 is 20.1 Å². The van der Waals surface area contributed by atoms with Crippen LogP contribution in [0.2, 0.25) is 0 Å². The Kier molecular flexibility index (Phi) is 7.15. The number of hydrogen-bond acceptors (Lipinski definition) is 4. The summed E-state index contributed by atoms with van der Waals surface area (Å²) >= 11 is 0. The monoisotopic (exact) mass is 478 g/mol. The maximum absolute atomic E-state index is 12.8. The topological polar surface area (TPSA) is 95.9 Å². The number of alkyl carbamates (subject to hydrolysis) is 1. The maximum Gasteiger partial charge on any atom is 0.407 e. The Hall–Kier alpha value is -3.35. The van der Waals surface area contributed by atoms with Crippen molar-refractivity contribution in [3.8, 4) is 11.1 Å². The summed E-state index contributed by atoms with van der Waals surface area (Å²) in [7, 11) is 0. The van der Waals surface area contributed by atoms with E-state index in [1.54, 1.807) is 0 Å². The van der Waals surface area contributed by atoms with Crippen molar-refractivity contribution in [2.45, 2.75) is 64.0 Å². The van der Waals surface area contributed by atoms with E-state index < -0.39 is 23.6 Å². The number of carboxylic acids is 1. The Balaban J connectivity index is 1.32. The van der Waals surface area contributed by atoms with Crippen LogP contribution in [-0.2, 0) is 14.3 Å². The Morgan fingerprint density at radius 1 is 1.06 bits per heavy atom. The molecular weight excluding hydrogens is 444 g/mol. The first-order chi connectivity index (χ1) is 16.7. The number of ether oxygens (including phenoxy) is 1. The van der Waals surface area contributed by atoms with Crippen LogP contribution in [0.5, 0.6) is 0 Å². The van der Waals surface area contributed by atoms with Crippen LogP contribution >= 0.6 is 0 Å². The van der Waals surface area contributed by atoms with Crippen LogP contribution < -0.4 is 5.32 Å². The van der Waals surface area contributed by atoms with Gasteiger partial charge in [0.1, 0.15) is 12.6 Å². The SMILES string of the molecule is CC1CCCN(C(=O)CCC(C)(C)NC(=O)OCC2c3ccccc3-c3ccccc32)C1C(=O)O. The molecule has 35 heavy (non-hydrogen) atoms. The number of carbonyl (C=O) groups excluding carboxylic acids is 2. The Labute approximate surface area is 206 Å². The lowest BCUT2D eigenvalue weighted by Gasteiger charge is -2.38. The first-order valence-electron chi connectivity index (χ1n) is 12.3. The molecule has 2 aromatic carbocycles. The van der Waals surface area contributed by atoms with Crippen molar-refractivity contribution in [1.29, 1.82) is 0 Å². The van der Waals surface area contributed by atoms with Gasteiger partial charge in [0.25, 0.3) is 0 Å². The number of nitrogens with one attached hydrogen (secondary N) is 1. The third-order valence-corrected chi connectivity index (χ3v) is 7.25. The van der Waals surface area contributed by atoms with Gasteiger partial charge in [0.2, 0.25) is 5.91 Å². The van der Waals surface area contributed by atoms with E-state index in [1.807, 2.05) is 45.0 Å². The van der Waals surface area contributed by atoms with E-state index in [4.69, 9.17) is 4.74 Å². The molecule has 1 saturated heterocycles. The Bertz CT molecular complexity index is 1070. The van der Waals surface area contributed by atoms with Gasteiger partial charge in [-0.1, -0.05) is 55.5 Å². The van der Waals surface area contributed by atoms with Crippen molar-refractivity contribution in [3.05, 3.63) is 59.7 Å². The van der Waals surface area contributed by atoms with Crippen LogP contribution in [-0.4, -0.2) is 52.7 Å². The van der Waals surface area contributed by atoms with Crippen LogP contribution in [0.1, 0.15) is 63.5 Å². The van der Waals surface area contributed by atoms with Gasteiger partial charge in [-0.2, -0.15) is 0 Å². The number of rotatable bonds is 7. The highest BCUT2D eigenvalue weighted by Crippen LogP contribution is 2.44. The molecule has 186 valence electrons. The van der Waals surface area contributed by atoms with E-state index in [9.17, 15) is 19.5 Å². The smallest absolute Gasteiger partial charge is 0.407 e. The van der Waals surface area contributed by atoms with Crippen molar-refractivity contribution >= 4 is 18.0 Å². The van der Waals surface area contributed by atoms with E-state index in [1.165, 1.54) is 16.0 Å². The van der Waals surface area contributed by atoms with E-state index in [0.29, 0.717) is 13.0 Å². The number of fused-ring (bicyclic) bond motifs is 3. The quantitative estimate of drug-likeness (QED) is 0.596. The second kappa shape index (κ2) is 10.1. The van der Waals surface area contributed by atoms with Crippen LogP contribution in [0.4, 0.5) is 4.79 Å². The fraction of sp³-hybridized carbons (Fsp3) is 0.464. The third kappa shape index (κ3) is 5.34. The lowest BCUT2D eigenvalue weighted by atomic mass is 9.90. The molecule has 0 saturated carbocycles. The number of likely N-dealkylation sites (tertiary alicyclic amines) is 1. The van der Waals surface area contributed by atoms with E-state index in [-0.39, 0.29) is 30.8 Å². The summed E-state index contributed by atoms with van der Waals surface area (Å²) in [4.78, 5) is 38.7. The van der Waals surface area contributed by atoms with Gasteiger partial charge in [0.15, 0.2) is 0 Å². The van der Waals surface area contributed by atoms with Crippen molar-refractivity contribution in [3.63, 3.8) is 0 Å². The van der Waals surface area contributed by atoms with Gasteiger partial charge in [0, 0.05) is 24.4 Å². The fourth-order valence-corrected chi connectivity index (χ4v) is 5.38. The van der Waals surface area contributed by atoms with Gasteiger partial charge in [-0.3, -0.25) is 4.79 Å². The number of hydrogen-bond donors (Lipinski definition) is 2. The number of piperidine rings is 1. The number of aliphatic carboxylic acids is 1. The highest BCUT2D eigenvalue weighted by Gasteiger charge is 2.37. The maximum atomic E-state index is 12.8. The van der Waals surface area contributed by atoms with Crippen LogP contribution in [0.25, 0.3) is 11.1 Å². The molecule has 0 bridgehead atoms. The molecule has 2 amide bonds. The third-order valence-electron chi connectivity index (χ3n) is 7.25. The molecular formula is C28H34N2O5. The standard InChI is InChI=1S/C28H34N2O5/c1-18-9-8-16-30(25(18)26(32)33)24(31)14-15-28(2,3)29-27(34)35-17-23-21-12-6-4-10-19(21)20-11-5-7-13-22(20)23/h4-7,10-13,18,23,25H,8-9,14-17H2,1-3H3,(H,29,34)(H,32,33). The predicted molar refractivity (Wildman–Crippen MR) is 133 cm³/mol. The first kappa shape index (κ1) is 24.8. The molecule has 7 heteroatoms. The molecule has 7 nitrogen and oxygen atoms in total. The normalized spacial score (nSPS) is 19.6. The van der Waals surface area contributed by atoms with E-state index in [2.05, 4.69) is 29.6 Å². The first-order valence-corrected chi connectivity index (χ1v) is 12.3. The Morgan fingerprint density at radius 2 is 1.66 bits per heavy atom. The zero-order valence-corrected chi connectivity index (χ0v) is 20.6. The lowest BCUT2D eigenvalue weighted by Crippen LogP contribution is -2.52. The molecule has 2 N–H and O–H groups in total. The van der Waals surface area contributed by atoms with Crippen LogP contribution in [0, 0.1) is 5.92 Å². The van der Waals surface area contributed by atoms with Gasteiger partial charge in [-0.15, -0.1) is 0 Å². The number of benzene rings is 2. The number of carboxylic acid groups (broad SMARTS) is 1. The van der Waals surface area contributed by atoms with Crippen molar-refractivity contribution in [1.82, 2.24) is 10.2 Å². The summed E-state index contributed by atoms with van der Waals surface area (Å²) in [6.07, 6.45) is 1.62. The average Bonchev–Trinajstić information content (AvgIpc) is 3.14. The molecule has 2 unspecified atom stereocenters. The molecule has 1 fully saturated rings. The highest BCUT2D eigenvalue weighted by molar-refractivity contribution is 5.84. The minimum Gasteiger partial charge on any atom is -0.480 e. The summed E-state index contributed by atoms with van der Waals surface area (Å²) in [5.41, 5.74) is 3.95. The second-order valence-corrected chi connectivity index (χ2v) is 10.3. The van der Waals surface area contributed by atoms with Crippen molar-refractivity contribution in [2.75, 3.05) is 13.2 Å². The zero-order chi connectivity index (χ0) is 25.2. The van der Waals surface area contributed by atoms with Crippen molar-refractivity contribution in [2.24, 2.45) is 5.92 Å². The summed E-state index contributed by atoms with van der Waals surface area (Å²) in [6.45, 7) is 6.24. The van der Waals surface area contributed by atoms with Crippen LogP contribution in [0.3, 0.4) is 0 Å². The van der Waals surface area contributed by atoms with Gasteiger partial charge in [-0.05, 0) is 61.3 Å². The molecule has 2 atom stereocenters. The van der Waals surface area contributed by atoms with Crippen molar-refractivity contribution < 1.29 is 24.2 Å². The van der Waals surface area contributed by atoms with Gasteiger partial charge >= 0.3 is 12.1 Å². The lowest BCUT2D eigenvalue weighted by molar-refractivity contribution is -0.154. The van der Waals surface area contributed by atoms with Gasteiger partial charge in [-0.25, -0.2) is 9.59 Å². The molecule has 0 aromatic heterocycles. The molecule has 1 aliphatic heterocycles. The molecule has 4 rings (SSSR count). The summed E-state index contributed by atoms with van der Waals surface area (Å²) in [6, 6.07) is 15.6. The summed E-state index contributed by atoms with van der Waals surface area (Å²) in [5.74, 6) is -1.24. The molecule has 1 aliphatic carbocycles. The zero-order valence-electron chi connectivity index (χ0n) is 20.6. The molecule has 2 aromatic rings. The van der Waals surface area contributed by atoms with Crippen LogP contribution in [0.15, 0.2) is 48.5 Å². The summed E-state index contributed by atoms with van der Waals surface area (Å²) < 4.78 is 5.64. The highest BCUT2D eigenvalue weighted by atomic mass is 16.5. The number of nitrogens with zero attached hydrogens (tertiary/aromatic N) is 1. The number of carbonyl (C=O) groups is 3. The molecule has 2 aliphatic rings.